The zero-order valence-corrected chi connectivity index (χ0v) is 12.3. The number of rotatable bonds is 1. The van der Waals surface area contributed by atoms with Crippen molar-refractivity contribution in [2.75, 3.05) is 13.7 Å². The first-order chi connectivity index (χ1) is 10.4. The number of carbonyl (C=O) groups is 3. The number of amides is 2. The van der Waals surface area contributed by atoms with Crippen LogP contribution in [0.4, 0.5) is 4.79 Å². The quantitative estimate of drug-likeness (QED) is 0.766. The molecule has 0 radical (unpaired) electrons. The number of hydrogen-bond donors (Lipinski definition) is 1. The number of nitrogens with zero attached hydrogens (tertiary/aromatic N) is 2. The molecule has 7 nitrogen and oxygen atoms in total. The van der Waals surface area contributed by atoms with E-state index in [-0.39, 0.29) is 11.7 Å². The molecule has 2 N–H and O–H groups in total. The van der Waals surface area contributed by atoms with Gasteiger partial charge >= 0.3 is 12.0 Å². The highest BCUT2D eigenvalue weighted by molar-refractivity contribution is 6.11. The summed E-state index contributed by atoms with van der Waals surface area (Å²) in [5, 5.41) is 0. The summed E-state index contributed by atoms with van der Waals surface area (Å²) >= 11 is 0. The number of urea groups is 1. The molecule has 4 rings (SSSR count). The average Bonchev–Trinajstić information content (AvgIpc) is 2.91. The number of nitrogens with two attached hydrogens (primary N) is 1. The smallest absolute Gasteiger partial charge is 0.339 e. The van der Waals surface area contributed by atoms with Gasteiger partial charge in [-0.2, -0.15) is 0 Å². The number of ether oxygens (including phenoxy) is 1. The standard InChI is InChI=1S/C15H15N3O4/c1-17-6-8(13(20)22-2)11-12(17)9(19)3-10-15(11)4-7(15)5-18(10)14(16)21/h3,6-7H,4-5H2,1-2H3,(H2,16,21). The van der Waals surface area contributed by atoms with E-state index in [0.29, 0.717) is 29.1 Å². The summed E-state index contributed by atoms with van der Waals surface area (Å²) in [6, 6.07) is -0.565. The lowest BCUT2D eigenvalue weighted by atomic mass is 9.83. The third-order valence-electron chi connectivity index (χ3n) is 5.06. The molecule has 2 fully saturated rings. The number of hydrogen-bond acceptors (Lipinski definition) is 4. The SMILES string of the molecule is COC(=O)c1cn(C)c2c1C13CC1CN(C(N)=O)C3=CC2=O. The summed E-state index contributed by atoms with van der Waals surface area (Å²) in [6.45, 7) is 0.489. The Morgan fingerprint density at radius 2 is 2.18 bits per heavy atom. The van der Waals surface area contributed by atoms with Crippen LogP contribution < -0.4 is 5.73 Å². The van der Waals surface area contributed by atoms with Crippen LogP contribution in [0.2, 0.25) is 0 Å². The number of aryl methyl sites for hydroxylation is 1. The van der Waals surface area contributed by atoms with Crippen molar-refractivity contribution in [2.45, 2.75) is 11.8 Å². The second-order valence-electron chi connectivity index (χ2n) is 6.08. The topological polar surface area (TPSA) is 94.6 Å². The molecule has 1 saturated carbocycles. The lowest BCUT2D eigenvalue weighted by Gasteiger charge is -2.27. The molecule has 114 valence electrons. The molecule has 2 amide bonds. The maximum atomic E-state index is 12.5. The number of fused-ring (bicyclic) bond motifs is 1. The minimum atomic E-state index is -0.565. The van der Waals surface area contributed by atoms with Gasteiger partial charge in [-0.05, 0) is 12.3 Å². The monoisotopic (exact) mass is 301 g/mol. The predicted molar refractivity (Wildman–Crippen MR) is 75.2 cm³/mol. The van der Waals surface area contributed by atoms with Gasteiger partial charge in [-0.3, -0.25) is 9.69 Å². The van der Waals surface area contributed by atoms with Crippen LogP contribution in [0.25, 0.3) is 0 Å². The first-order valence-electron chi connectivity index (χ1n) is 7.03. The third kappa shape index (κ3) is 1.29. The minimum Gasteiger partial charge on any atom is -0.465 e. The van der Waals surface area contributed by atoms with Gasteiger partial charge in [-0.15, -0.1) is 0 Å². The van der Waals surface area contributed by atoms with Crippen molar-refractivity contribution in [2.24, 2.45) is 18.7 Å². The van der Waals surface area contributed by atoms with Crippen LogP contribution in [-0.2, 0) is 17.2 Å². The van der Waals surface area contributed by atoms with Gasteiger partial charge in [0, 0.05) is 42.5 Å². The predicted octanol–water partition coefficient (Wildman–Crippen LogP) is 0.544. The molecule has 1 aliphatic heterocycles. The number of carbonyl (C=O) groups excluding carboxylic acids is 3. The largest absolute Gasteiger partial charge is 0.465 e. The molecular weight excluding hydrogens is 286 g/mol. The zero-order chi connectivity index (χ0) is 15.8. The summed E-state index contributed by atoms with van der Waals surface area (Å²) in [5.74, 6) is -0.487. The van der Waals surface area contributed by atoms with E-state index < -0.39 is 17.4 Å². The van der Waals surface area contributed by atoms with Gasteiger partial charge in [0.25, 0.3) is 0 Å². The molecule has 7 heteroatoms. The fourth-order valence-corrected chi connectivity index (χ4v) is 4.11. The number of aromatic nitrogens is 1. The summed E-state index contributed by atoms with van der Waals surface area (Å²) in [7, 11) is 3.05. The molecule has 2 unspecified atom stereocenters. The Kier molecular flexibility index (Phi) is 2.26. The molecule has 0 bridgehead atoms. The van der Waals surface area contributed by atoms with E-state index in [2.05, 4.69) is 0 Å². The second-order valence-corrected chi connectivity index (χ2v) is 6.08. The highest BCUT2D eigenvalue weighted by atomic mass is 16.5. The number of ketones is 1. The molecule has 2 heterocycles. The van der Waals surface area contributed by atoms with Gasteiger partial charge in [0.2, 0.25) is 5.78 Å². The van der Waals surface area contributed by atoms with E-state index in [1.807, 2.05) is 0 Å². The number of allylic oxidation sites excluding steroid dienone is 2. The second kappa shape index (κ2) is 3.79. The Morgan fingerprint density at radius 3 is 2.82 bits per heavy atom. The van der Waals surface area contributed by atoms with Crippen molar-refractivity contribution in [3.63, 3.8) is 0 Å². The maximum Gasteiger partial charge on any atom is 0.339 e. The van der Waals surface area contributed by atoms with Gasteiger partial charge in [0.1, 0.15) is 0 Å². The van der Waals surface area contributed by atoms with E-state index in [9.17, 15) is 14.4 Å². The molecular formula is C15H15N3O4. The molecule has 2 aliphatic carbocycles. The van der Waals surface area contributed by atoms with Gasteiger partial charge in [0.05, 0.1) is 18.4 Å². The van der Waals surface area contributed by atoms with Crippen LogP contribution in [0, 0.1) is 5.92 Å². The fourth-order valence-electron chi connectivity index (χ4n) is 4.11. The maximum absolute atomic E-state index is 12.5. The Balaban J connectivity index is 1.97. The van der Waals surface area contributed by atoms with Crippen molar-refractivity contribution >= 4 is 17.8 Å². The van der Waals surface area contributed by atoms with Crippen molar-refractivity contribution in [3.8, 4) is 0 Å². The van der Waals surface area contributed by atoms with Crippen molar-refractivity contribution in [3.05, 3.63) is 34.8 Å². The van der Waals surface area contributed by atoms with E-state index >= 15 is 0 Å². The van der Waals surface area contributed by atoms with Crippen LogP contribution in [0.5, 0.6) is 0 Å². The van der Waals surface area contributed by atoms with E-state index in [1.165, 1.54) is 18.1 Å². The number of esters is 1. The molecule has 1 spiro atoms. The normalized spacial score (nSPS) is 27.7. The fraction of sp³-hybridized carbons (Fsp3) is 0.400. The number of methoxy groups -OCH3 is 1. The first kappa shape index (κ1) is 13.1. The number of primary amides is 1. The lowest BCUT2D eigenvalue weighted by Crippen LogP contribution is -2.37. The summed E-state index contributed by atoms with van der Waals surface area (Å²) in [4.78, 5) is 37.6. The van der Waals surface area contributed by atoms with E-state index in [4.69, 9.17) is 10.5 Å². The molecule has 1 aromatic heterocycles. The molecule has 1 saturated heterocycles. The average molecular weight is 301 g/mol. The van der Waals surface area contributed by atoms with E-state index in [1.54, 1.807) is 17.8 Å². The highest BCUT2D eigenvalue weighted by Gasteiger charge is 2.68. The number of likely N-dealkylation sites (tertiary alicyclic amines) is 1. The molecule has 3 aliphatic rings. The lowest BCUT2D eigenvalue weighted by molar-refractivity contribution is 0.0599. The minimum absolute atomic E-state index is 0.198. The van der Waals surface area contributed by atoms with Crippen LogP contribution in [0.1, 0.15) is 32.8 Å². The molecule has 1 aromatic rings. The van der Waals surface area contributed by atoms with Gasteiger partial charge < -0.3 is 15.0 Å². The Morgan fingerprint density at radius 1 is 1.45 bits per heavy atom. The van der Waals surface area contributed by atoms with Crippen LogP contribution in [0.3, 0.4) is 0 Å². The molecule has 22 heavy (non-hydrogen) atoms. The zero-order valence-electron chi connectivity index (χ0n) is 12.3. The van der Waals surface area contributed by atoms with Gasteiger partial charge in [-0.25, -0.2) is 9.59 Å². The van der Waals surface area contributed by atoms with Crippen molar-refractivity contribution in [1.29, 1.82) is 0 Å². The van der Waals surface area contributed by atoms with Crippen molar-refractivity contribution < 1.29 is 19.1 Å². The number of piperidine rings is 1. The third-order valence-corrected chi connectivity index (χ3v) is 5.06. The highest BCUT2D eigenvalue weighted by Crippen LogP contribution is 2.67. The van der Waals surface area contributed by atoms with Crippen LogP contribution in [0.15, 0.2) is 18.0 Å². The van der Waals surface area contributed by atoms with Crippen LogP contribution in [-0.4, -0.2) is 40.9 Å². The Labute approximate surface area is 126 Å². The van der Waals surface area contributed by atoms with Crippen LogP contribution >= 0.6 is 0 Å². The van der Waals surface area contributed by atoms with Crippen molar-refractivity contribution in [1.82, 2.24) is 9.47 Å². The summed E-state index contributed by atoms with van der Waals surface area (Å²) in [5.41, 5.74) is 7.19. The first-order valence-corrected chi connectivity index (χ1v) is 7.03. The molecule has 0 aromatic carbocycles. The summed E-state index contributed by atoms with van der Waals surface area (Å²) < 4.78 is 6.51. The van der Waals surface area contributed by atoms with Gasteiger partial charge in [0.15, 0.2) is 0 Å². The molecule has 2 atom stereocenters. The Hall–Kier alpha value is -2.57. The van der Waals surface area contributed by atoms with Gasteiger partial charge in [-0.1, -0.05) is 0 Å². The Bertz CT molecular complexity index is 791. The van der Waals surface area contributed by atoms with E-state index in [0.717, 1.165) is 6.42 Å². The summed E-state index contributed by atoms with van der Waals surface area (Å²) in [6.07, 6.45) is 3.93.